The molecule has 0 spiro atoms. The van der Waals surface area contributed by atoms with Gasteiger partial charge in [0.15, 0.2) is 5.03 Å². The van der Waals surface area contributed by atoms with Crippen molar-refractivity contribution in [3.05, 3.63) is 12.0 Å². The van der Waals surface area contributed by atoms with Crippen molar-refractivity contribution in [2.24, 2.45) is 0 Å². The van der Waals surface area contributed by atoms with E-state index in [2.05, 4.69) is 9.97 Å². The first-order valence-corrected chi connectivity index (χ1v) is 6.49. The number of imidazole rings is 1. The number of aromatic nitrogens is 2. The molecule has 0 aliphatic carbocycles. The van der Waals surface area contributed by atoms with Crippen LogP contribution in [0.2, 0.25) is 0 Å². The average Bonchev–Trinajstić information content (AvgIpc) is 2.72. The van der Waals surface area contributed by atoms with Gasteiger partial charge in [-0.25, -0.2) is 13.4 Å². The Labute approximate surface area is 94.4 Å². The van der Waals surface area contributed by atoms with Gasteiger partial charge in [-0.1, -0.05) is 0 Å². The molecule has 1 aromatic heterocycles. The molecule has 0 aromatic carbocycles. The molecular formula is C9H15N3O3S. The molecule has 0 bridgehead atoms. The minimum Gasteiger partial charge on any atom is -0.389 e. The van der Waals surface area contributed by atoms with Crippen LogP contribution in [0.5, 0.6) is 0 Å². The van der Waals surface area contributed by atoms with Crippen LogP contribution in [0.3, 0.4) is 0 Å². The van der Waals surface area contributed by atoms with Crippen LogP contribution in [-0.2, 0) is 10.0 Å². The van der Waals surface area contributed by atoms with Crippen molar-refractivity contribution in [1.82, 2.24) is 14.3 Å². The molecule has 1 fully saturated rings. The Bertz CT molecular complexity index is 492. The van der Waals surface area contributed by atoms with Crippen LogP contribution >= 0.6 is 0 Å². The Morgan fingerprint density at radius 3 is 2.75 bits per heavy atom. The second-order valence-corrected chi connectivity index (χ2v) is 6.32. The summed E-state index contributed by atoms with van der Waals surface area (Å²) in [4.78, 5) is 6.56. The Morgan fingerprint density at radius 1 is 1.62 bits per heavy atom. The number of aryl methyl sites for hydroxylation is 1. The van der Waals surface area contributed by atoms with E-state index in [1.54, 1.807) is 13.8 Å². The minimum atomic E-state index is -3.53. The van der Waals surface area contributed by atoms with Gasteiger partial charge in [-0.15, -0.1) is 0 Å². The zero-order valence-corrected chi connectivity index (χ0v) is 10.1. The van der Waals surface area contributed by atoms with E-state index >= 15 is 0 Å². The van der Waals surface area contributed by atoms with Crippen LogP contribution in [0.15, 0.2) is 11.2 Å². The second kappa shape index (κ2) is 3.54. The summed E-state index contributed by atoms with van der Waals surface area (Å²) in [7, 11) is -3.53. The van der Waals surface area contributed by atoms with Crippen LogP contribution in [0.4, 0.5) is 0 Å². The molecule has 1 aliphatic heterocycles. The number of nitrogens with one attached hydrogen (secondary N) is 1. The molecule has 1 aliphatic rings. The number of hydrogen-bond donors (Lipinski definition) is 2. The molecule has 6 nitrogen and oxygen atoms in total. The summed E-state index contributed by atoms with van der Waals surface area (Å²) in [6.07, 6.45) is 1.76. The summed E-state index contributed by atoms with van der Waals surface area (Å²) in [5.41, 5.74) is -0.928. The first-order chi connectivity index (χ1) is 7.31. The number of aromatic amines is 1. The van der Waals surface area contributed by atoms with Gasteiger partial charge < -0.3 is 10.1 Å². The number of sulfonamides is 1. The van der Waals surface area contributed by atoms with Crippen molar-refractivity contribution >= 4 is 10.0 Å². The minimum absolute atomic E-state index is 0.0858. The third kappa shape index (κ3) is 1.98. The molecule has 2 N–H and O–H groups in total. The topological polar surface area (TPSA) is 86.3 Å². The summed E-state index contributed by atoms with van der Waals surface area (Å²) in [6, 6.07) is 0. The van der Waals surface area contributed by atoms with E-state index in [1.165, 1.54) is 10.5 Å². The quantitative estimate of drug-likeness (QED) is 0.759. The van der Waals surface area contributed by atoms with Gasteiger partial charge in [-0.3, -0.25) is 0 Å². The molecule has 90 valence electrons. The van der Waals surface area contributed by atoms with Crippen LogP contribution in [0, 0.1) is 6.92 Å². The van der Waals surface area contributed by atoms with Gasteiger partial charge in [0.05, 0.1) is 11.8 Å². The van der Waals surface area contributed by atoms with Crippen molar-refractivity contribution < 1.29 is 13.5 Å². The fourth-order valence-corrected chi connectivity index (χ4v) is 3.30. The van der Waals surface area contributed by atoms with Crippen molar-refractivity contribution in [3.8, 4) is 0 Å². The number of aliphatic hydroxyl groups is 1. The van der Waals surface area contributed by atoms with Crippen molar-refractivity contribution in [2.75, 3.05) is 13.1 Å². The molecule has 1 saturated heterocycles. The Kier molecular flexibility index (Phi) is 2.56. The van der Waals surface area contributed by atoms with E-state index in [-0.39, 0.29) is 11.6 Å². The lowest BCUT2D eigenvalue weighted by atomic mass is 10.1. The molecular weight excluding hydrogens is 230 g/mol. The van der Waals surface area contributed by atoms with Gasteiger partial charge in [0.1, 0.15) is 5.82 Å². The maximum Gasteiger partial charge on any atom is 0.260 e. The standard InChI is InChI=1S/C9H15N3O3S/c1-7-10-5-8(11-7)16(14,15)12-4-3-9(2,13)6-12/h5,13H,3-4,6H2,1-2H3,(H,10,11). The zero-order valence-electron chi connectivity index (χ0n) is 9.27. The number of β-amino-alcohol motifs (C(OH)–C–C–N with tert-alkyl or cyclic N) is 1. The predicted molar refractivity (Wildman–Crippen MR) is 57.3 cm³/mol. The fraction of sp³-hybridized carbons (Fsp3) is 0.667. The average molecular weight is 245 g/mol. The summed E-state index contributed by atoms with van der Waals surface area (Å²) < 4.78 is 25.4. The maximum atomic E-state index is 12.1. The van der Waals surface area contributed by atoms with Crippen molar-refractivity contribution in [2.45, 2.75) is 30.9 Å². The lowest BCUT2D eigenvalue weighted by Crippen LogP contribution is -2.34. The highest BCUT2D eigenvalue weighted by Gasteiger charge is 2.39. The van der Waals surface area contributed by atoms with E-state index in [9.17, 15) is 13.5 Å². The normalized spacial score (nSPS) is 27.4. The molecule has 0 saturated carbocycles. The summed E-state index contributed by atoms with van der Waals surface area (Å²) in [6.45, 7) is 3.81. The van der Waals surface area contributed by atoms with Crippen molar-refractivity contribution in [1.29, 1.82) is 0 Å². The third-order valence-corrected chi connectivity index (χ3v) is 4.47. The smallest absolute Gasteiger partial charge is 0.260 e. The Balaban J connectivity index is 2.28. The van der Waals surface area contributed by atoms with Crippen LogP contribution in [0.25, 0.3) is 0 Å². The van der Waals surface area contributed by atoms with E-state index in [4.69, 9.17) is 0 Å². The molecule has 1 unspecified atom stereocenters. The van der Waals surface area contributed by atoms with Gasteiger partial charge in [-0.2, -0.15) is 4.31 Å². The maximum absolute atomic E-state index is 12.1. The first kappa shape index (κ1) is 11.6. The highest BCUT2D eigenvalue weighted by atomic mass is 32.2. The Hall–Kier alpha value is -0.920. The number of rotatable bonds is 2. The molecule has 7 heteroatoms. The van der Waals surface area contributed by atoms with E-state index < -0.39 is 15.6 Å². The molecule has 1 aromatic rings. The Morgan fingerprint density at radius 2 is 2.31 bits per heavy atom. The summed E-state index contributed by atoms with van der Waals surface area (Å²) in [5, 5.41) is 9.83. The van der Waals surface area contributed by atoms with Gasteiger partial charge in [0, 0.05) is 13.1 Å². The van der Waals surface area contributed by atoms with E-state index in [0.29, 0.717) is 18.8 Å². The molecule has 2 heterocycles. The van der Waals surface area contributed by atoms with Crippen LogP contribution < -0.4 is 0 Å². The largest absolute Gasteiger partial charge is 0.389 e. The van der Waals surface area contributed by atoms with E-state index in [1.807, 2.05) is 0 Å². The third-order valence-electron chi connectivity index (χ3n) is 2.71. The molecule has 0 radical (unpaired) electrons. The second-order valence-electron chi connectivity index (χ2n) is 4.42. The SMILES string of the molecule is Cc1ncc(S(=O)(=O)N2CCC(C)(O)C2)[nH]1. The first-order valence-electron chi connectivity index (χ1n) is 5.05. The lowest BCUT2D eigenvalue weighted by Gasteiger charge is -2.17. The van der Waals surface area contributed by atoms with Crippen LogP contribution in [-0.4, -0.2) is 46.5 Å². The molecule has 0 amide bonds. The predicted octanol–water partition coefficient (Wildman–Crippen LogP) is -0.136. The van der Waals surface area contributed by atoms with E-state index in [0.717, 1.165) is 0 Å². The summed E-state index contributed by atoms with van der Waals surface area (Å²) in [5.74, 6) is 0.560. The van der Waals surface area contributed by atoms with Gasteiger partial charge >= 0.3 is 0 Å². The summed E-state index contributed by atoms with van der Waals surface area (Å²) >= 11 is 0. The zero-order chi connectivity index (χ0) is 12.0. The lowest BCUT2D eigenvalue weighted by molar-refractivity contribution is 0.0762. The molecule has 16 heavy (non-hydrogen) atoms. The number of H-pyrrole nitrogens is 1. The molecule has 2 rings (SSSR count). The van der Waals surface area contributed by atoms with Gasteiger partial charge in [0.2, 0.25) is 0 Å². The van der Waals surface area contributed by atoms with Crippen LogP contribution in [0.1, 0.15) is 19.2 Å². The number of nitrogens with zero attached hydrogens (tertiary/aromatic N) is 2. The van der Waals surface area contributed by atoms with Gasteiger partial charge in [-0.05, 0) is 20.3 Å². The van der Waals surface area contributed by atoms with Crippen molar-refractivity contribution in [3.63, 3.8) is 0 Å². The highest BCUT2D eigenvalue weighted by molar-refractivity contribution is 7.89. The van der Waals surface area contributed by atoms with Gasteiger partial charge in [0.25, 0.3) is 10.0 Å². The highest BCUT2D eigenvalue weighted by Crippen LogP contribution is 2.25. The molecule has 1 atom stereocenters. The monoisotopic (exact) mass is 245 g/mol. The number of hydrogen-bond acceptors (Lipinski definition) is 4. The fourth-order valence-electron chi connectivity index (χ4n) is 1.78.